The minimum absolute atomic E-state index is 0.0128. The van der Waals surface area contributed by atoms with E-state index in [-0.39, 0.29) is 6.61 Å². The molecule has 0 aliphatic carbocycles. The van der Waals surface area contributed by atoms with E-state index in [1.54, 1.807) is 6.20 Å². The van der Waals surface area contributed by atoms with Crippen LogP contribution in [0.25, 0.3) is 21.8 Å². The van der Waals surface area contributed by atoms with Gasteiger partial charge in [-0.15, -0.1) is 0 Å². The molecule has 2 heterocycles. The Morgan fingerprint density at radius 2 is 2.18 bits per heavy atom. The number of hydrogen-bond donors (Lipinski definition) is 2. The Bertz CT molecular complexity index is 723. The number of aromatic nitrogens is 2. The van der Waals surface area contributed by atoms with Crippen molar-refractivity contribution in [1.29, 1.82) is 0 Å². The maximum absolute atomic E-state index is 9.27. The molecule has 17 heavy (non-hydrogen) atoms. The number of hydrogen-bond acceptors (Lipinski definition) is 2. The van der Waals surface area contributed by atoms with E-state index in [9.17, 15) is 5.11 Å². The first-order chi connectivity index (χ1) is 8.20. The molecule has 0 bridgehead atoms. The van der Waals surface area contributed by atoms with E-state index in [0.29, 0.717) is 5.15 Å². The predicted octanol–water partition coefficient (Wildman–Crippen LogP) is 3.62. The maximum Gasteiger partial charge on any atom is 0.138 e. The number of nitrogens with zero attached hydrogens (tertiary/aromatic N) is 1. The average molecular weight is 312 g/mol. The number of fused-ring (bicyclic) bond motifs is 3. The smallest absolute Gasteiger partial charge is 0.138 e. The molecule has 5 heteroatoms. The number of aliphatic hydroxyl groups excluding tert-OH is 1. The summed E-state index contributed by atoms with van der Waals surface area (Å²) in [6, 6.07) is 5.75. The van der Waals surface area contributed by atoms with Crippen molar-refractivity contribution in [3.8, 4) is 0 Å². The third-order valence-corrected chi connectivity index (χ3v) is 3.83. The molecule has 0 saturated heterocycles. The zero-order valence-corrected chi connectivity index (χ0v) is 11.0. The Morgan fingerprint density at radius 3 is 2.94 bits per heavy atom. The van der Waals surface area contributed by atoms with Crippen LogP contribution in [0.1, 0.15) is 5.56 Å². The van der Waals surface area contributed by atoms with Crippen LogP contribution in [-0.4, -0.2) is 15.1 Å². The second-order valence-corrected chi connectivity index (χ2v) is 5.01. The Labute approximate surface area is 111 Å². The van der Waals surface area contributed by atoms with Crippen LogP contribution >= 0.6 is 27.5 Å². The SMILES string of the molecule is OCc1cc2c(cc1Br)[nH]c1ccnc(Cl)c12. The van der Waals surface area contributed by atoms with Crippen molar-refractivity contribution in [2.45, 2.75) is 6.61 Å². The van der Waals surface area contributed by atoms with E-state index >= 15 is 0 Å². The summed E-state index contributed by atoms with van der Waals surface area (Å²) in [5.41, 5.74) is 2.75. The second kappa shape index (κ2) is 3.98. The summed E-state index contributed by atoms with van der Waals surface area (Å²) in [7, 11) is 0. The zero-order chi connectivity index (χ0) is 12.0. The largest absolute Gasteiger partial charge is 0.392 e. The lowest BCUT2D eigenvalue weighted by Crippen LogP contribution is -1.84. The van der Waals surface area contributed by atoms with E-state index in [1.807, 2.05) is 18.2 Å². The normalized spacial score (nSPS) is 11.5. The van der Waals surface area contributed by atoms with Crippen LogP contribution < -0.4 is 0 Å². The third kappa shape index (κ3) is 1.64. The molecule has 0 spiro atoms. The standard InChI is InChI=1S/C12H8BrClN2O/c13-8-4-10-7(3-6(8)5-17)11-9(16-10)1-2-15-12(11)14/h1-4,16-17H,5H2. The van der Waals surface area contributed by atoms with Gasteiger partial charge in [0.1, 0.15) is 5.15 Å². The van der Waals surface area contributed by atoms with Gasteiger partial charge in [-0.3, -0.25) is 0 Å². The van der Waals surface area contributed by atoms with Gasteiger partial charge >= 0.3 is 0 Å². The van der Waals surface area contributed by atoms with Crippen molar-refractivity contribution >= 4 is 49.3 Å². The Kier molecular flexibility index (Phi) is 2.58. The van der Waals surface area contributed by atoms with Crippen LogP contribution in [0.3, 0.4) is 0 Å². The van der Waals surface area contributed by atoms with Crippen LogP contribution in [0.15, 0.2) is 28.9 Å². The van der Waals surface area contributed by atoms with Crippen molar-refractivity contribution in [3.63, 3.8) is 0 Å². The van der Waals surface area contributed by atoms with Gasteiger partial charge < -0.3 is 10.1 Å². The van der Waals surface area contributed by atoms with Gasteiger partial charge in [0.2, 0.25) is 0 Å². The lowest BCUT2D eigenvalue weighted by Gasteiger charge is -2.01. The second-order valence-electron chi connectivity index (χ2n) is 3.80. The number of halogens is 2. The molecule has 3 nitrogen and oxygen atoms in total. The summed E-state index contributed by atoms with van der Waals surface area (Å²) in [6.45, 7) is -0.0128. The average Bonchev–Trinajstić information content (AvgIpc) is 2.66. The molecule has 0 amide bonds. The molecular formula is C12H8BrClN2O. The van der Waals surface area contributed by atoms with Crippen LogP contribution in [0.4, 0.5) is 0 Å². The number of H-pyrrole nitrogens is 1. The van der Waals surface area contributed by atoms with Crippen molar-refractivity contribution in [3.05, 3.63) is 39.6 Å². The maximum atomic E-state index is 9.27. The number of rotatable bonds is 1. The summed E-state index contributed by atoms with van der Waals surface area (Å²) in [5, 5.41) is 11.6. The molecule has 0 unspecified atom stereocenters. The van der Waals surface area contributed by atoms with Crippen LogP contribution in [0.5, 0.6) is 0 Å². The molecule has 0 radical (unpaired) electrons. The lowest BCUT2D eigenvalue weighted by atomic mass is 10.1. The molecule has 3 rings (SSSR count). The molecule has 0 saturated carbocycles. The van der Waals surface area contributed by atoms with Crippen molar-refractivity contribution in [2.24, 2.45) is 0 Å². The summed E-state index contributed by atoms with van der Waals surface area (Å²) >= 11 is 9.53. The first-order valence-corrected chi connectivity index (χ1v) is 6.23. The summed E-state index contributed by atoms with van der Waals surface area (Å²) in [5.74, 6) is 0. The molecule has 1 aromatic carbocycles. The topological polar surface area (TPSA) is 48.9 Å². The molecule has 2 N–H and O–H groups in total. The predicted molar refractivity (Wildman–Crippen MR) is 72.2 cm³/mol. The summed E-state index contributed by atoms with van der Waals surface area (Å²) in [4.78, 5) is 7.35. The Hall–Kier alpha value is -1.10. The van der Waals surface area contributed by atoms with Crippen LogP contribution in [0.2, 0.25) is 5.15 Å². The molecule has 0 aliphatic rings. The number of nitrogens with one attached hydrogen (secondary N) is 1. The number of pyridine rings is 1. The van der Waals surface area contributed by atoms with Gasteiger partial charge in [-0.1, -0.05) is 27.5 Å². The highest BCUT2D eigenvalue weighted by molar-refractivity contribution is 9.10. The molecule has 2 aromatic heterocycles. The minimum atomic E-state index is -0.0128. The van der Waals surface area contributed by atoms with E-state index in [1.165, 1.54) is 0 Å². The van der Waals surface area contributed by atoms with Crippen molar-refractivity contribution in [2.75, 3.05) is 0 Å². The van der Waals surface area contributed by atoms with Crippen LogP contribution in [-0.2, 0) is 6.61 Å². The zero-order valence-electron chi connectivity index (χ0n) is 8.67. The van der Waals surface area contributed by atoms with E-state index in [4.69, 9.17) is 11.6 Å². The fraction of sp³-hybridized carbons (Fsp3) is 0.0833. The highest BCUT2D eigenvalue weighted by Crippen LogP contribution is 2.33. The van der Waals surface area contributed by atoms with E-state index < -0.39 is 0 Å². The summed E-state index contributed by atoms with van der Waals surface area (Å²) in [6.07, 6.45) is 1.67. The number of aromatic amines is 1. The highest BCUT2D eigenvalue weighted by Gasteiger charge is 2.10. The Morgan fingerprint density at radius 1 is 1.35 bits per heavy atom. The Balaban J connectivity index is 2.51. The fourth-order valence-corrected chi connectivity index (χ4v) is 2.72. The van der Waals surface area contributed by atoms with Gasteiger partial charge in [0, 0.05) is 27.0 Å². The molecular weight excluding hydrogens is 304 g/mol. The molecule has 0 atom stereocenters. The van der Waals surface area contributed by atoms with Crippen molar-refractivity contribution in [1.82, 2.24) is 9.97 Å². The first-order valence-electron chi connectivity index (χ1n) is 5.06. The lowest BCUT2D eigenvalue weighted by molar-refractivity contribution is 0.281. The minimum Gasteiger partial charge on any atom is -0.392 e. The van der Waals surface area contributed by atoms with Crippen LogP contribution in [0, 0.1) is 0 Å². The van der Waals surface area contributed by atoms with Gasteiger partial charge in [-0.05, 0) is 23.8 Å². The van der Waals surface area contributed by atoms with E-state index in [0.717, 1.165) is 31.8 Å². The summed E-state index contributed by atoms with van der Waals surface area (Å²) < 4.78 is 0.878. The fourth-order valence-electron chi connectivity index (χ4n) is 1.99. The van der Waals surface area contributed by atoms with Gasteiger partial charge in [-0.2, -0.15) is 0 Å². The highest BCUT2D eigenvalue weighted by atomic mass is 79.9. The monoisotopic (exact) mass is 310 g/mol. The third-order valence-electron chi connectivity index (χ3n) is 2.80. The quantitative estimate of drug-likeness (QED) is 0.674. The van der Waals surface area contributed by atoms with Gasteiger partial charge in [0.15, 0.2) is 0 Å². The van der Waals surface area contributed by atoms with Gasteiger partial charge in [0.25, 0.3) is 0 Å². The molecule has 0 fully saturated rings. The van der Waals surface area contributed by atoms with Gasteiger partial charge in [-0.25, -0.2) is 4.98 Å². The first kappa shape index (κ1) is 11.0. The van der Waals surface area contributed by atoms with Crippen molar-refractivity contribution < 1.29 is 5.11 Å². The van der Waals surface area contributed by atoms with Gasteiger partial charge in [0.05, 0.1) is 12.1 Å². The number of benzene rings is 1. The molecule has 3 aromatic rings. The van der Waals surface area contributed by atoms with E-state index in [2.05, 4.69) is 25.9 Å². The molecule has 86 valence electrons. The molecule has 0 aliphatic heterocycles. The number of aliphatic hydroxyl groups is 1.